The van der Waals surface area contributed by atoms with Gasteiger partial charge in [0.05, 0.1) is 0 Å². The lowest BCUT2D eigenvalue weighted by Gasteiger charge is -2.36. The highest BCUT2D eigenvalue weighted by molar-refractivity contribution is 7.89. The van der Waals surface area contributed by atoms with Crippen LogP contribution >= 0.6 is 0 Å². The molecular formula is C15H25N3O2S. The number of nitrogens with one attached hydrogen (secondary N) is 1. The summed E-state index contributed by atoms with van der Waals surface area (Å²) in [5, 5.41) is 3.36. The van der Waals surface area contributed by atoms with E-state index in [0.29, 0.717) is 19.0 Å². The quantitative estimate of drug-likeness (QED) is 0.903. The van der Waals surface area contributed by atoms with Gasteiger partial charge in [-0.3, -0.25) is 0 Å². The van der Waals surface area contributed by atoms with Crippen LogP contribution in [0.15, 0.2) is 23.4 Å². The zero-order chi connectivity index (χ0) is 15.5. The second kappa shape index (κ2) is 6.85. The maximum Gasteiger partial charge on any atom is 0.260 e. The molecule has 5 nitrogen and oxygen atoms in total. The van der Waals surface area contributed by atoms with Gasteiger partial charge in [-0.2, -0.15) is 4.31 Å². The number of rotatable bonds is 5. The van der Waals surface area contributed by atoms with Crippen LogP contribution in [0.1, 0.15) is 39.2 Å². The molecule has 1 aliphatic rings. The molecule has 6 heteroatoms. The summed E-state index contributed by atoms with van der Waals surface area (Å²) in [6.07, 6.45) is 3.65. The molecule has 1 N–H and O–H groups in total. The molecule has 2 rings (SSSR count). The van der Waals surface area contributed by atoms with E-state index in [2.05, 4.69) is 17.2 Å². The molecule has 1 aliphatic heterocycles. The fraction of sp³-hybridized carbons (Fsp3) is 0.667. The average molecular weight is 311 g/mol. The second-order valence-corrected chi connectivity index (χ2v) is 7.60. The van der Waals surface area contributed by atoms with E-state index < -0.39 is 10.0 Å². The smallest absolute Gasteiger partial charge is 0.260 e. The van der Waals surface area contributed by atoms with Crippen LogP contribution in [0.25, 0.3) is 0 Å². The van der Waals surface area contributed by atoms with Crippen LogP contribution < -0.4 is 5.32 Å². The molecule has 0 radical (unpaired) electrons. The molecule has 0 saturated carbocycles. The van der Waals surface area contributed by atoms with Crippen molar-refractivity contribution < 1.29 is 8.42 Å². The molecule has 0 spiro atoms. The normalized spacial score (nSPS) is 24.1. The molecular weight excluding hydrogens is 286 g/mol. The van der Waals surface area contributed by atoms with E-state index in [1.165, 1.54) is 0 Å². The summed E-state index contributed by atoms with van der Waals surface area (Å²) < 4.78 is 27.0. The summed E-state index contributed by atoms with van der Waals surface area (Å²) in [5.41, 5.74) is 0.996. The minimum absolute atomic E-state index is 0.0342. The van der Waals surface area contributed by atoms with Crippen molar-refractivity contribution in [2.24, 2.45) is 5.92 Å². The largest absolute Gasteiger partial charge is 0.313 e. The molecule has 2 atom stereocenters. The summed E-state index contributed by atoms with van der Waals surface area (Å²) in [6, 6.07) is 3.49. The number of aromatic nitrogens is 1. The maximum absolute atomic E-state index is 12.7. The molecule has 1 aromatic rings. The number of hydrogen-bond donors (Lipinski definition) is 1. The van der Waals surface area contributed by atoms with Crippen LogP contribution in [-0.4, -0.2) is 36.8 Å². The second-order valence-electron chi connectivity index (χ2n) is 5.76. The van der Waals surface area contributed by atoms with Crippen molar-refractivity contribution in [3.05, 3.63) is 23.9 Å². The first-order valence-electron chi connectivity index (χ1n) is 7.64. The van der Waals surface area contributed by atoms with Gasteiger partial charge in [-0.05, 0) is 43.9 Å². The van der Waals surface area contributed by atoms with Crippen LogP contribution in [0, 0.1) is 5.92 Å². The van der Waals surface area contributed by atoms with Gasteiger partial charge < -0.3 is 5.32 Å². The number of piperidine rings is 1. The molecule has 1 fully saturated rings. The van der Waals surface area contributed by atoms with Crippen LogP contribution in [0.4, 0.5) is 0 Å². The Morgan fingerprint density at radius 2 is 2.14 bits per heavy atom. The van der Waals surface area contributed by atoms with Crippen LogP contribution in [-0.2, 0) is 16.6 Å². The highest BCUT2D eigenvalue weighted by Gasteiger charge is 2.35. The highest BCUT2D eigenvalue weighted by Crippen LogP contribution is 2.28. The molecule has 0 amide bonds. The van der Waals surface area contributed by atoms with E-state index in [0.717, 1.165) is 24.9 Å². The minimum atomic E-state index is -3.48. The van der Waals surface area contributed by atoms with Gasteiger partial charge in [-0.15, -0.1) is 0 Å². The molecule has 1 saturated heterocycles. The monoisotopic (exact) mass is 311 g/mol. The highest BCUT2D eigenvalue weighted by atomic mass is 32.2. The van der Waals surface area contributed by atoms with E-state index >= 15 is 0 Å². The van der Waals surface area contributed by atoms with Crippen molar-refractivity contribution in [2.45, 2.75) is 51.2 Å². The first-order chi connectivity index (χ1) is 9.96. The first-order valence-corrected chi connectivity index (χ1v) is 9.08. The molecule has 21 heavy (non-hydrogen) atoms. The van der Waals surface area contributed by atoms with Gasteiger partial charge in [0.1, 0.15) is 0 Å². The number of pyridine rings is 1. The standard InChI is InChI=1S/C15H25N3O2S/c1-4-16-10-14-7-8-15(17-11-14)21(19,20)18-9-5-6-12(2)13(18)3/h7-8,11-13,16H,4-6,9-10H2,1-3H3. The van der Waals surface area contributed by atoms with Gasteiger partial charge in [-0.1, -0.05) is 19.9 Å². The van der Waals surface area contributed by atoms with Gasteiger partial charge in [-0.25, -0.2) is 13.4 Å². The van der Waals surface area contributed by atoms with Crippen molar-refractivity contribution in [1.29, 1.82) is 0 Å². The van der Waals surface area contributed by atoms with Crippen molar-refractivity contribution in [3.8, 4) is 0 Å². The Morgan fingerprint density at radius 1 is 1.38 bits per heavy atom. The summed E-state index contributed by atoms with van der Waals surface area (Å²) in [6.45, 7) is 8.31. The van der Waals surface area contributed by atoms with E-state index in [4.69, 9.17) is 0 Å². The topological polar surface area (TPSA) is 62.3 Å². The Morgan fingerprint density at radius 3 is 2.76 bits per heavy atom. The van der Waals surface area contributed by atoms with E-state index in [1.807, 2.05) is 19.9 Å². The fourth-order valence-corrected chi connectivity index (χ4v) is 4.38. The molecule has 1 aromatic heterocycles. The van der Waals surface area contributed by atoms with Gasteiger partial charge in [0.15, 0.2) is 5.03 Å². The Hall–Kier alpha value is -0.980. The first kappa shape index (κ1) is 16.4. The van der Waals surface area contributed by atoms with Crippen molar-refractivity contribution in [3.63, 3.8) is 0 Å². The predicted octanol–water partition coefficient (Wildman–Crippen LogP) is 2.00. The predicted molar refractivity (Wildman–Crippen MR) is 83.4 cm³/mol. The molecule has 0 bridgehead atoms. The van der Waals surface area contributed by atoms with Gasteiger partial charge in [0.2, 0.25) is 0 Å². The Labute approximate surface area is 127 Å². The molecule has 118 valence electrons. The average Bonchev–Trinajstić information content (AvgIpc) is 2.48. The van der Waals surface area contributed by atoms with E-state index in [1.54, 1.807) is 16.6 Å². The van der Waals surface area contributed by atoms with Gasteiger partial charge >= 0.3 is 0 Å². The van der Waals surface area contributed by atoms with E-state index in [9.17, 15) is 8.42 Å². The summed E-state index contributed by atoms with van der Waals surface area (Å²) in [5.74, 6) is 0.390. The van der Waals surface area contributed by atoms with Crippen LogP contribution in [0.2, 0.25) is 0 Å². The lowest BCUT2D eigenvalue weighted by molar-refractivity contribution is 0.202. The molecule has 0 aliphatic carbocycles. The third kappa shape index (κ3) is 3.62. The lowest BCUT2D eigenvalue weighted by Crippen LogP contribution is -2.46. The number of nitrogens with zero attached hydrogens (tertiary/aromatic N) is 2. The van der Waals surface area contributed by atoms with Crippen molar-refractivity contribution in [2.75, 3.05) is 13.1 Å². The van der Waals surface area contributed by atoms with Gasteiger partial charge in [0.25, 0.3) is 10.0 Å². The number of sulfonamides is 1. The molecule has 2 heterocycles. The summed E-state index contributed by atoms with van der Waals surface area (Å²) in [7, 11) is -3.48. The zero-order valence-corrected chi connectivity index (χ0v) is 13.9. The molecule has 2 unspecified atom stereocenters. The van der Waals surface area contributed by atoms with Crippen LogP contribution in [0.5, 0.6) is 0 Å². The SMILES string of the molecule is CCNCc1ccc(S(=O)(=O)N2CCCC(C)C2C)nc1. The third-order valence-electron chi connectivity index (χ3n) is 4.27. The van der Waals surface area contributed by atoms with Crippen molar-refractivity contribution >= 4 is 10.0 Å². The minimum Gasteiger partial charge on any atom is -0.313 e. The van der Waals surface area contributed by atoms with Gasteiger partial charge in [0, 0.05) is 25.3 Å². The third-order valence-corrected chi connectivity index (χ3v) is 6.17. The molecule has 0 aromatic carbocycles. The Bertz CT molecular complexity index is 557. The van der Waals surface area contributed by atoms with E-state index in [-0.39, 0.29) is 11.1 Å². The maximum atomic E-state index is 12.7. The van der Waals surface area contributed by atoms with Crippen molar-refractivity contribution in [1.82, 2.24) is 14.6 Å². The summed E-state index contributed by atoms with van der Waals surface area (Å²) >= 11 is 0. The number of hydrogen-bond acceptors (Lipinski definition) is 4. The Kier molecular flexibility index (Phi) is 5.35. The zero-order valence-electron chi connectivity index (χ0n) is 13.0. The van der Waals surface area contributed by atoms with Crippen LogP contribution in [0.3, 0.4) is 0 Å². The summed E-state index contributed by atoms with van der Waals surface area (Å²) in [4.78, 5) is 4.17. The fourth-order valence-electron chi connectivity index (χ4n) is 2.69. The Balaban J connectivity index is 2.19. The lowest BCUT2D eigenvalue weighted by atomic mass is 9.94.